The number of nitro benzene ring substituents is 1. The lowest BCUT2D eigenvalue weighted by Gasteiger charge is -2.09. The van der Waals surface area contributed by atoms with Gasteiger partial charge in [-0.25, -0.2) is 0 Å². The molecule has 0 fully saturated rings. The van der Waals surface area contributed by atoms with Crippen molar-refractivity contribution < 1.29 is 14.5 Å². The minimum atomic E-state index is -0.403. The highest BCUT2D eigenvalue weighted by Gasteiger charge is 2.13. The first-order valence-corrected chi connectivity index (χ1v) is 7.27. The van der Waals surface area contributed by atoms with Gasteiger partial charge in [0.25, 0.3) is 11.6 Å². The number of benzene rings is 2. The van der Waals surface area contributed by atoms with E-state index < -0.39 is 4.92 Å². The van der Waals surface area contributed by atoms with Crippen LogP contribution in [0, 0.1) is 17.0 Å². The Labute approximate surface area is 134 Å². The summed E-state index contributed by atoms with van der Waals surface area (Å²) in [5.41, 5.74) is 1.99. The Bertz CT molecular complexity index is 711. The summed E-state index contributed by atoms with van der Waals surface area (Å²) in [6, 6.07) is 11.7. The lowest BCUT2D eigenvalue weighted by molar-refractivity contribution is -0.385. The second kappa shape index (κ2) is 7.40. The number of carbonyl (C=O) groups excluding carboxylic acids is 1. The van der Waals surface area contributed by atoms with Crippen LogP contribution in [0.4, 0.5) is 5.69 Å². The third-order valence-corrected chi connectivity index (χ3v) is 3.46. The fraction of sp³-hybridized carbons (Fsp3) is 0.235. The molecule has 0 aliphatic carbocycles. The van der Waals surface area contributed by atoms with E-state index in [1.165, 1.54) is 6.07 Å². The monoisotopic (exact) mass is 314 g/mol. The molecule has 1 N–H and O–H groups in total. The lowest BCUT2D eigenvalue weighted by atomic mass is 10.1. The van der Waals surface area contributed by atoms with E-state index >= 15 is 0 Å². The van der Waals surface area contributed by atoms with Crippen LogP contribution in [0.1, 0.15) is 28.4 Å². The summed E-state index contributed by atoms with van der Waals surface area (Å²) < 4.78 is 5.65. The fourth-order valence-electron chi connectivity index (χ4n) is 2.15. The predicted molar refractivity (Wildman–Crippen MR) is 86.6 cm³/mol. The Morgan fingerprint density at radius 2 is 1.91 bits per heavy atom. The molecule has 1 amide bonds. The molecule has 0 spiro atoms. The molecule has 120 valence electrons. The minimum Gasteiger partial charge on any atom is -0.489 e. The zero-order valence-electron chi connectivity index (χ0n) is 13.0. The molecule has 2 rings (SSSR count). The van der Waals surface area contributed by atoms with E-state index in [0.717, 1.165) is 5.56 Å². The van der Waals surface area contributed by atoms with Crippen LogP contribution in [0.15, 0.2) is 42.5 Å². The zero-order valence-corrected chi connectivity index (χ0v) is 13.0. The summed E-state index contributed by atoms with van der Waals surface area (Å²) in [6.45, 7) is 4.36. The Balaban J connectivity index is 2.05. The fourth-order valence-corrected chi connectivity index (χ4v) is 2.15. The summed E-state index contributed by atoms with van der Waals surface area (Å²) in [7, 11) is 0. The Hall–Kier alpha value is -2.89. The van der Waals surface area contributed by atoms with Crippen molar-refractivity contribution in [1.82, 2.24) is 5.32 Å². The van der Waals surface area contributed by atoms with Gasteiger partial charge in [0, 0.05) is 23.7 Å². The maximum Gasteiger partial charge on any atom is 0.272 e. The summed E-state index contributed by atoms with van der Waals surface area (Å²) in [6.07, 6.45) is 0. The molecule has 6 heteroatoms. The topological polar surface area (TPSA) is 81.5 Å². The van der Waals surface area contributed by atoms with Crippen molar-refractivity contribution in [1.29, 1.82) is 0 Å². The number of nitrogens with zero attached hydrogens (tertiary/aromatic N) is 1. The van der Waals surface area contributed by atoms with Crippen LogP contribution in [0.25, 0.3) is 0 Å². The van der Waals surface area contributed by atoms with Crippen LogP contribution < -0.4 is 10.1 Å². The molecule has 0 atom stereocenters. The molecular weight excluding hydrogens is 296 g/mol. The van der Waals surface area contributed by atoms with Gasteiger partial charge in [0.2, 0.25) is 0 Å². The number of hydrogen-bond acceptors (Lipinski definition) is 4. The molecule has 0 aliphatic heterocycles. The first-order chi connectivity index (χ1) is 11.0. The first-order valence-electron chi connectivity index (χ1n) is 7.27. The first kappa shape index (κ1) is 16.5. The summed E-state index contributed by atoms with van der Waals surface area (Å²) >= 11 is 0. The van der Waals surface area contributed by atoms with E-state index in [1.807, 2.05) is 6.92 Å². The van der Waals surface area contributed by atoms with E-state index in [0.29, 0.717) is 23.4 Å². The van der Waals surface area contributed by atoms with Crippen LogP contribution in [-0.4, -0.2) is 17.4 Å². The maximum absolute atomic E-state index is 11.7. The van der Waals surface area contributed by atoms with Crippen LogP contribution in [-0.2, 0) is 6.61 Å². The van der Waals surface area contributed by atoms with E-state index in [-0.39, 0.29) is 18.2 Å². The average Bonchev–Trinajstić information content (AvgIpc) is 2.54. The molecule has 0 aliphatic rings. The Morgan fingerprint density at radius 1 is 1.22 bits per heavy atom. The second-order valence-corrected chi connectivity index (χ2v) is 4.99. The van der Waals surface area contributed by atoms with Gasteiger partial charge >= 0.3 is 0 Å². The number of amides is 1. The van der Waals surface area contributed by atoms with Gasteiger partial charge in [-0.15, -0.1) is 0 Å². The van der Waals surface area contributed by atoms with Crippen molar-refractivity contribution in [3.63, 3.8) is 0 Å². The van der Waals surface area contributed by atoms with Crippen LogP contribution >= 0.6 is 0 Å². The second-order valence-electron chi connectivity index (χ2n) is 4.99. The predicted octanol–water partition coefficient (Wildman–Crippen LogP) is 3.23. The highest BCUT2D eigenvalue weighted by atomic mass is 16.6. The number of rotatable bonds is 6. The van der Waals surface area contributed by atoms with Crippen molar-refractivity contribution in [2.75, 3.05) is 6.54 Å². The minimum absolute atomic E-state index is 0.0812. The molecule has 0 bridgehead atoms. The third kappa shape index (κ3) is 4.06. The van der Waals surface area contributed by atoms with Gasteiger partial charge in [-0.05, 0) is 43.7 Å². The number of nitrogens with one attached hydrogen (secondary N) is 1. The van der Waals surface area contributed by atoms with Crippen molar-refractivity contribution in [2.24, 2.45) is 0 Å². The summed E-state index contributed by atoms with van der Waals surface area (Å²) in [5.74, 6) is 0.470. The molecule has 0 heterocycles. The lowest BCUT2D eigenvalue weighted by Crippen LogP contribution is -2.22. The largest absolute Gasteiger partial charge is 0.489 e. The summed E-state index contributed by atoms with van der Waals surface area (Å²) in [5, 5.41) is 13.6. The molecular formula is C17H18N2O4. The smallest absolute Gasteiger partial charge is 0.272 e. The van der Waals surface area contributed by atoms with E-state index in [9.17, 15) is 14.9 Å². The van der Waals surface area contributed by atoms with Crippen LogP contribution in [0.5, 0.6) is 5.75 Å². The van der Waals surface area contributed by atoms with Gasteiger partial charge in [0.1, 0.15) is 12.4 Å². The number of nitro groups is 1. The molecule has 0 radical (unpaired) electrons. The molecule has 0 saturated carbocycles. The Morgan fingerprint density at radius 3 is 2.52 bits per heavy atom. The van der Waals surface area contributed by atoms with Gasteiger partial charge in [0.05, 0.1) is 4.92 Å². The molecule has 0 saturated heterocycles. The van der Waals surface area contributed by atoms with E-state index in [1.54, 1.807) is 43.3 Å². The standard InChI is InChI=1S/C17H18N2O4/c1-3-18-17(20)13-7-9-15(10-8-13)23-11-14-5-4-6-16(12(14)2)19(21)22/h4-10H,3,11H2,1-2H3,(H,18,20). The zero-order chi connectivity index (χ0) is 16.8. The molecule has 2 aromatic carbocycles. The molecule has 6 nitrogen and oxygen atoms in total. The Kier molecular flexibility index (Phi) is 5.30. The van der Waals surface area contributed by atoms with Gasteiger partial charge < -0.3 is 10.1 Å². The van der Waals surface area contributed by atoms with Gasteiger partial charge in [-0.2, -0.15) is 0 Å². The summed E-state index contributed by atoms with van der Waals surface area (Å²) in [4.78, 5) is 22.2. The average molecular weight is 314 g/mol. The number of hydrogen-bond donors (Lipinski definition) is 1. The van der Waals surface area contributed by atoms with Crippen molar-refractivity contribution >= 4 is 11.6 Å². The molecule has 23 heavy (non-hydrogen) atoms. The highest BCUT2D eigenvalue weighted by molar-refractivity contribution is 5.94. The van der Waals surface area contributed by atoms with Gasteiger partial charge in [-0.3, -0.25) is 14.9 Å². The van der Waals surface area contributed by atoms with Crippen molar-refractivity contribution in [3.8, 4) is 5.75 Å². The SMILES string of the molecule is CCNC(=O)c1ccc(OCc2cccc([N+](=O)[O-])c2C)cc1. The van der Waals surface area contributed by atoms with Gasteiger partial charge in [0.15, 0.2) is 0 Å². The molecule has 0 aromatic heterocycles. The van der Waals surface area contributed by atoms with Crippen LogP contribution in [0.2, 0.25) is 0 Å². The van der Waals surface area contributed by atoms with E-state index in [4.69, 9.17) is 4.74 Å². The third-order valence-electron chi connectivity index (χ3n) is 3.46. The number of carbonyl (C=O) groups is 1. The highest BCUT2D eigenvalue weighted by Crippen LogP contribution is 2.22. The normalized spacial score (nSPS) is 10.2. The quantitative estimate of drug-likeness (QED) is 0.655. The maximum atomic E-state index is 11.7. The molecule has 2 aromatic rings. The number of ether oxygens (including phenoxy) is 1. The molecule has 0 unspecified atom stereocenters. The van der Waals surface area contributed by atoms with E-state index in [2.05, 4.69) is 5.32 Å². The van der Waals surface area contributed by atoms with Crippen molar-refractivity contribution in [2.45, 2.75) is 20.5 Å². The van der Waals surface area contributed by atoms with Crippen LogP contribution in [0.3, 0.4) is 0 Å². The van der Waals surface area contributed by atoms with Gasteiger partial charge in [-0.1, -0.05) is 12.1 Å². The van der Waals surface area contributed by atoms with Crippen molar-refractivity contribution in [3.05, 3.63) is 69.3 Å².